The number of halogens is 1. The van der Waals surface area contributed by atoms with Crippen molar-refractivity contribution in [1.82, 2.24) is 5.32 Å². The van der Waals surface area contributed by atoms with Crippen molar-refractivity contribution >= 4 is 23.4 Å². The van der Waals surface area contributed by atoms with E-state index in [0.29, 0.717) is 5.02 Å². The SMILES string of the molecule is COc1ccc(CNCCCSC)cc1Cl. The first-order valence-corrected chi connectivity index (χ1v) is 7.07. The fourth-order valence-electron chi connectivity index (χ4n) is 1.39. The van der Waals surface area contributed by atoms with E-state index in [2.05, 4.69) is 11.6 Å². The molecule has 0 radical (unpaired) electrons. The fraction of sp³-hybridized carbons (Fsp3) is 0.500. The highest BCUT2D eigenvalue weighted by Crippen LogP contribution is 2.24. The topological polar surface area (TPSA) is 21.3 Å². The maximum atomic E-state index is 6.04. The van der Waals surface area contributed by atoms with Crippen LogP contribution in [-0.2, 0) is 6.54 Å². The number of thioether (sulfide) groups is 1. The van der Waals surface area contributed by atoms with Crippen LogP contribution in [0.2, 0.25) is 5.02 Å². The minimum absolute atomic E-state index is 0.672. The third kappa shape index (κ3) is 4.64. The quantitative estimate of drug-likeness (QED) is 0.760. The van der Waals surface area contributed by atoms with Gasteiger partial charge in [0, 0.05) is 6.54 Å². The normalized spacial score (nSPS) is 10.4. The molecule has 4 heteroatoms. The molecule has 16 heavy (non-hydrogen) atoms. The average Bonchev–Trinajstić information content (AvgIpc) is 2.29. The zero-order valence-corrected chi connectivity index (χ0v) is 11.3. The Labute approximate surface area is 107 Å². The Balaban J connectivity index is 2.34. The lowest BCUT2D eigenvalue weighted by molar-refractivity contribution is 0.415. The summed E-state index contributed by atoms with van der Waals surface area (Å²) in [6, 6.07) is 5.88. The van der Waals surface area contributed by atoms with Crippen LogP contribution >= 0.6 is 23.4 Å². The monoisotopic (exact) mass is 259 g/mol. The van der Waals surface area contributed by atoms with Gasteiger partial charge in [-0.2, -0.15) is 11.8 Å². The Morgan fingerprint density at radius 3 is 2.88 bits per heavy atom. The molecule has 90 valence electrons. The molecule has 1 rings (SSSR count). The van der Waals surface area contributed by atoms with Crippen LogP contribution < -0.4 is 10.1 Å². The molecule has 0 spiro atoms. The highest BCUT2D eigenvalue weighted by atomic mass is 35.5. The van der Waals surface area contributed by atoms with Gasteiger partial charge in [0.05, 0.1) is 12.1 Å². The Kier molecular flexibility index (Phi) is 6.69. The van der Waals surface area contributed by atoms with Crippen molar-refractivity contribution in [1.29, 1.82) is 0 Å². The molecule has 1 aromatic carbocycles. The number of benzene rings is 1. The van der Waals surface area contributed by atoms with Crippen molar-refractivity contribution in [3.63, 3.8) is 0 Å². The lowest BCUT2D eigenvalue weighted by atomic mass is 10.2. The summed E-state index contributed by atoms with van der Waals surface area (Å²) in [7, 11) is 1.63. The number of nitrogens with one attached hydrogen (secondary N) is 1. The molecule has 2 nitrogen and oxygen atoms in total. The Hall–Kier alpha value is -0.380. The predicted octanol–water partition coefficient (Wildman–Crippen LogP) is 3.19. The standard InChI is InChI=1S/C12H18ClNOS/c1-15-12-5-4-10(8-11(12)13)9-14-6-3-7-16-2/h4-5,8,14H,3,6-7,9H2,1-2H3. The third-order valence-corrected chi connectivity index (χ3v) is 3.24. The van der Waals surface area contributed by atoms with E-state index in [-0.39, 0.29) is 0 Å². The van der Waals surface area contributed by atoms with Crippen LogP contribution in [0.3, 0.4) is 0 Å². The second-order valence-corrected chi connectivity index (χ2v) is 4.88. The Morgan fingerprint density at radius 1 is 1.44 bits per heavy atom. The Bertz CT molecular complexity index is 320. The molecule has 0 aliphatic heterocycles. The minimum atomic E-state index is 0.672. The van der Waals surface area contributed by atoms with Gasteiger partial charge in [0.15, 0.2) is 0 Å². The van der Waals surface area contributed by atoms with Crippen LogP contribution in [0.5, 0.6) is 5.75 Å². The zero-order valence-electron chi connectivity index (χ0n) is 9.75. The van der Waals surface area contributed by atoms with Gasteiger partial charge in [-0.15, -0.1) is 0 Å². The van der Waals surface area contributed by atoms with Gasteiger partial charge in [0.2, 0.25) is 0 Å². The Morgan fingerprint density at radius 2 is 2.25 bits per heavy atom. The van der Waals surface area contributed by atoms with E-state index < -0.39 is 0 Å². The summed E-state index contributed by atoms with van der Waals surface area (Å²) in [4.78, 5) is 0. The summed E-state index contributed by atoms with van der Waals surface area (Å²) in [5.74, 6) is 1.93. The van der Waals surface area contributed by atoms with Crippen LogP contribution in [0.4, 0.5) is 0 Å². The molecule has 0 fully saturated rings. The predicted molar refractivity (Wildman–Crippen MR) is 72.7 cm³/mol. The summed E-state index contributed by atoms with van der Waals surface area (Å²) >= 11 is 7.91. The van der Waals surface area contributed by atoms with E-state index in [1.165, 1.54) is 17.7 Å². The van der Waals surface area contributed by atoms with Crippen LogP contribution in [0.25, 0.3) is 0 Å². The highest BCUT2D eigenvalue weighted by molar-refractivity contribution is 7.98. The largest absolute Gasteiger partial charge is 0.495 e. The molecule has 0 saturated heterocycles. The second kappa shape index (κ2) is 7.82. The van der Waals surface area contributed by atoms with Gasteiger partial charge < -0.3 is 10.1 Å². The van der Waals surface area contributed by atoms with Gasteiger partial charge in [-0.05, 0) is 42.7 Å². The van der Waals surface area contributed by atoms with E-state index in [1.807, 2.05) is 30.0 Å². The summed E-state index contributed by atoms with van der Waals surface area (Å²) in [5.41, 5.74) is 1.19. The molecule has 0 aliphatic rings. The summed E-state index contributed by atoms with van der Waals surface area (Å²) in [5, 5.41) is 4.06. The lowest BCUT2D eigenvalue weighted by Crippen LogP contribution is -2.15. The van der Waals surface area contributed by atoms with Crippen molar-refractivity contribution in [3.8, 4) is 5.75 Å². The van der Waals surface area contributed by atoms with Gasteiger partial charge in [0.1, 0.15) is 5.75 Å². The highest BCUT2D eigenvalue weighted by Gasteiger charge is 2.01. The summed E-state index contributed by atoms with van der Waals surface area (Å²) in [6.45, 7) is 1.91. The van der Waals surface area contributed by atoms with Gasteiger partial charge in [0.25, 0.3) is 0 Å². The number of rotatable bonds is 7. The van der Waals surface area contributed by atoms with Gasteiger partial charge >= 0.3 is 0 Å². The lowest BCUT2D eigenvalue weighted by Gasteiger charge is -2.07. The van der Waals surface area contributed by atoms with Crippen LogP contribution in [0.15, 0.2) is 18.2 Å². The maximum absolute atomic E-state index is 6.04. The van der Waals surface area contributed by atoms with Gasteiger partial charge in [-0.3, -0.25) is 0 Å². The molecule has 0 unspecified atom stereocenters. The molecular formula is C12H18ClNOS. The summed E-state index contributed by atoms with van der Waals surface area (Å²) < 4.78 is 5.10. The number of hydrogen-bond donors (Lipinski definition) is 1. The first-order chi connectivity index (χ1) is 7.77. The van der Waals surface area contributed by atoms with E-state index in [4.69, 9.17) is 16.3 Å². The molecule has 0 amide bonds. The second-order valence-electron chi connectivity index (χ2n) is 3.49. The van der Waals surface area contributed by atoms with Crippen molar-refractivity contribution in [2.45, 2.75) is 13.0 Å². The summed E-state index contributed by atoms with van der Waals surface area (Å²) in [6.07, 6.45) is 3.33. The van der Waals surface area contributed by atoms with Gasteiger partial charge in [-0.25, -0.2) is 0 Å². The molecular weight excluding hydrogens is 242 g/mol. The zero-order chi connectivity index (χ0) is 11.8. The minimum Gasteiger partial charge on any atom is -0.495 e. The first-order valence-electron chi connectivity index (χ1n) is 5.30. The molecule has 1 N–H and O–H groups in total. The number of ether oxygens (including phenoxy) is 1. The van der Waals surface area contributed by atoms with E-state index >= 15 is 0 Å². The van der Waals surface area contributed by atoms with Crippen LogP contribution in [0, 0.1) is 0 Å². The van der Waals surface area contributed by atoms with Gasteiger partial charge in [-0.1, -0.05) is 17.7 Å². The molecule has 0 bridgehead atoms. The van der Waals surface area contributed by atoms with Crippen LogP contribution in [0.1, 0.15) is 12.0 Å². The van der Waals surface area contributed by atoms with Crippen LogP contribution in [-0.4, -0.2) is 25.7 Å². The van der Waals surface area contributed by atoms with Crippen molar-refractivity contribution in [3.05, 3.63) is 28.8 Å². The molecule has 0 saturated carbocycles. The van der Waals surface area contributed by atoms with E-state index in [0.717, 1.165) is 18.8 Å². The van der Waals surface area contributed by atoms with Crippen molar-refractivity contribution in [2.75, 3.05) is 25.7 Å². The third-order valence-electron chi connectivity index (χ3n) is 2.25. The molecule has 0 heterocycles. The first kappa shape index (κ1) is 13.7. The van der Waals surface area contributed by atoms with E-state index in [9.17, 15) is 0 Å². The van der Waals surface area contributed by atoms with Crippen molar-refractivity contribution in [2.24, 2.45) is 0 Å². The van der Waals surface area contributed by atoms with Crippen molar-refractivity contribution < 1.29 is 4.74 Å². The average molecular weight is 260 g/mol. The number of methoxy groups -OCH3 is 1. The molecule has 0 atom stereocenters. The maximum Gasteiger partial charge on any atom is 0.137 e. The molecule has 0 aromatic heterocycles. The fourth-order valence-corrected chi connectivity index (χ4v) is 2.11. The molecule has 0 aliphatic carbocycles. The van der Waals surface area contributed by atoms with E-state index in [1.54, 1.807) is 7.11 Å². The molecule has 1 aromatic rings. The smallest absolute Gasteiger partial charge is 0.137 e. The number of hydrogen-bond acceptors (Lipinski definition) is 3.